The topological polar surface area (TPSA) is 77.8 Å². The normalized spacial score (nSPS) is 12.2. The van der Waals surface area contributed by atoms with Crippen LogP contribution in [0.25, 0.3) is 16.9 Å². The summed E-state index contributed by atoms with van der Waals surface area (Å²) >= 11 is 0. The van der Waals surface area contributed by atoms with Crippen molar-refractivity contribution >= 4 is 22.5 Å². The second-order valence-corrected chi connectivity index (χ2v) is 6.13. The number of alkyl halides is 6. The number of rotatable bonds is 4. The molecule has 0 atom stereocenters. The third kappa shape index (κ3) is 4.65. The highest BCUT2D eigenvalue weighted by atomic mass is 19.4. The van der Waals surface area contributed by atoms with E-state index >= 15 is 0 Å². The van der Waals surface area contributed by atoms with E-state index in [0.29, 0.717) is 11.1 Å². The summed E-state index contributed by atoms with van der Waals surface area (Å²) in [6.45, 7) is 0. The molecular formula is C18H10F6N6O. The molecule has 0 amide bonds. The lowest BCUT2D eigenvalue weighted by Crippen LogP contribution is -2.16. The Labute approximate surface area is 169 Å². The van der Waals surface area contributed by atoms with Gasteiger partial charge in [0.2, 0.25) is 0 Å². The van der Waals surface area contributed by atoms with Crippen LogP contribution >= 0.6 is 0 Å². The Hall–Kier alpha value is -3.90. The molecule has 31 heavy (non-hydrogen) atoms. The highest BCUT2D eigenvalue weighted by Crippen LogP contribution is 2.30. The van der Waals surface area contributed by atoms with Crippen LogP contribution in [-0.4, -0.2) is 31.1 Å². The van der Waals surface area contributed by atoms with Crippen molar-refractivity contribution < 1.29 is 31.1 Å². The molecule has 0 unspecified atom stereocenters. The molecule has 0 bridgehead atoms. The number of aromatic nitrogens is 5. The predicted molar refractivity (Wildman–Crippen MR) is 95.9 cm³/mol. The standard InChI is InChI=1S/C18H10F6N6O/c19-17(20,21)10-5-6-25-14(7-10)30-8-13-15(26-9-27-16(13)29-30)28-11-1-3-12(4-2-11)31-18(22,23)24/h1-9H,(H,26,27,28,29). The second kappa shape index (κ2) is 7.41. The number of hydrogen-bond acceptors (Lipinski definition) is 6. The molecule has 13 heteroatoms. The molecule has 7 nitrogen and oxygen atoms in total. The van der Waals surface area contributed by atoms with Crippen LogP contribution in [-0.2, 0) is 6.18 Å². The zero-order valence-electron chi connectivity index (χ0n) is 15.1. The van der Waals surface area contributed by atoms with Crippen molar-refractivity contribution in [3.63, 3.8) is 0 Å². The fourth-order valence-electron chi connectivity index (χ4n) is 2.65. The van der Waals surface area contributed by atoms with Gasteiger partial charge in [0, 0.05) is 18.1 Å². The first-order valence-corrected chi connectivity index (χ1v) is 8.45. The summed E-state index contributed by atoms with van der Waals surface area (Å²) in [5.41, 5.74) is -0.323. The van der Waals surface area contributed by atoms with Crippen molar-refractivity contribution in [1.29, 1.82) is 0 Å². The molecule has 0 saturated heterocycles. The maximum absolute atomic E-state index is 13.0. The Morgan fingerprint density at radius 3 is 2.32 bits per heavy atom. The summed E-state index contributed by atoms with van der Waals surface area (Å²) < 4.78 is 80.6. The molecule has 0 spiro atoms. The van der Waals surface area contributed by atoms with Gasteiger partial charge in [0.15, 0.2) is 11.5 Å². The lowest BCUT2D eigenvalue weighted by atomic mass is 10.2. The minimum Gasteiger partial charge on any atom is -0.406 e. The smallest absolute Gasteiger partial charge is 0.406 e. The molecule has 0 fully saturated rings. The first-order chi connectivity index (χ1) is 14.6. The number of fused-ring (bicyclic) bond motifs is 1. The van der Waals surface area contributed by atoms with Gasteiger partial charge >= 0.3 is 12.5 Å². The zero-order valence-corrected chi connectivity index (χ0v) is 15.1. The van der Waals surface area contributed by atoms with Crippen LogP contribution in [0.4, 0.5) is 37.8 Å². The van der Waals surface area contributed by atoms with Crippen molar-refractivity contribution in [2.24, 2.45) is 0 Å². The first kappa shape index (κ1) is 20.4. The number of nitrogens with zero attached hydrogens (tertiary/aromatic N) is 5. The lowest BCUT2D eigenvalue weighted by Gasteiger charge is -2.10. The highest BCUT2D eigenvalue weighted by molar-refractivity contribution is 5.88. The minimum absolute atomic E-state index is 0.0765. The molecule has 0 radical (unpaired) electrons. The van der Waals surface area contributed by atoms with Gasteiger partial charge in [-0.1, -0.05) is 0 Å². The van der Waals surface area contributed by atoms with Crippen LogP contribution in [0.2, 0.25) is 0 Å². The summed E-state index contributed by atoms with van der Waals surface area (Å²) in [6, 6.07) is 6.59. The fraction of sp³-hybridized carbons (Fsp3) is 0.111. The van der Waals surface area contributed by atoms with Crippen LogP contribution in [0.1, 0.15) is 5.56 Å². The van der Waals surface area contributed by atoms with Gasteiger partial charge in [-0.05, 0) is 36.4 Å². The van der Waals surface area contributed by atoms with E-state index in [1.807, 2.05) is 0 Å². The van der Waals surface area contributed by atoms with E-state index in [-0.39, 0.29) is 17.3 Å². The van der Waals surface area contributed by atoms with E-state index in [4.69, 9.17) is 0 Å². The highest BCUT2D eigenvalue weighted by Gasteiger charge is 2.31. The van der Waals surface area contributed by atoms with Crippen LogP contribution < -0.4 is 10.1 Å². The summed E-state index contributed by atoms with van der Waals surface area (Å²) in [5, 5.41) is 7.37. The molecule has 160 valence electrons. The van der Waals surface area contributed by atoms with Crippen LogP contribution in [0.15, 0.2) is 55.1 Å². The zero-order chi connectivity index (χ0) is 22.2. The Bertz CT molecular complexity index is 1220. The molecule has 4 rings (SSSR count). The van der Waals surface area contributed by atoms with Crippen molar-refractivity contribution in [2.75, 3.05) is 5.32 Å². The monoisotopic (exact) mass is 440 g/mol. The largest absolute Gasteiger partial charge is 0.573 e. The van der Waals surface area contributed by atoms with E-state index in [2.05, 4.69) is 30.1 Å². The number of nitrogens with one attached hydrogen (secondary N) is 1. The van der Waals surface area contributed by atoms with E-state index in [9.17, 15) is 26.3 Å². The number of pyridine rings is 1. The third-order valence-corrected chi connectivity index (χ3v) is 3.97. The second-order valence-electron chi connectivity index (χ2n) is 6.13. The summed E-state index contributed by atoms with van der Waals surface area (Å²) in [4.78, 5) is 11.9. The van der Waals surface area contributed by atoms with E-state index in [0.717, 1.165) is 35.1 Å². The molecule has 0 saturated carbocycles. The molecule has 4 aromatic rings. The number of ether oxygens (including phenoxy) is 1. The van der Waals surface area contributed by atoms with Gasteiger partial charge in [-0.3, -0.25) is 0 Å². The third-order valence-electron chi connectivity index (χ3n) is 3.97. The maximum atomic E-state index is 13.0. The van der Waals surface area contributed by atoms with E-state index in [1.54, 1.807) is 0 Å². The Kier molecular flexibility index (Phi) is 4.87. The quantitative estimate of drug-likeness (QED) is 0.456. The van der Waals surface area contributed by atoms with Crippen molar-refractivity contribution in [3.8, 4) is 11.6 Å². The van der Waals surface area contributed by atoms with Gasteiger partial charge in [-0.15, -0.1) is 18.3 Å². The molecule has 1 N–H and O–H groups in total. The number of halogens is 6. The van der Waals surface area contributed by atoms with E-state index < -0.39 is 23.9 Å². The molecular weight excluding hydrogens is 430 g/mol. The number of anilines is 2. The summed E-state index contributed by atoms with van der Waals surface area (Å²) in [5.74, 6) is -0.227. The SMILES string of the molecule is FC(F)(F)Oc1ccc(Nc2ncnc3nn(-c4cc(C(F)(F)F)ccn4)cc23)cc1. The van der Waals surface area contributed by atoms with Gasteiger partial charge < -0.3 is 10.1 Å². The lowest BCUT2D eigenvalue weighted by molar-refractivity contribution is -0.274. The molecule has 1 aromatic carbocycles. The average molecular weight is 440 g/mol. The maximum Gasteiger partial charge on any atom is 0.573 e. The van der Waals surface area contributed by atoms with Gasteiger partial charge in [0.1, 0.15) is 17.9 Å². The van der Waals surface area contributed by atoms with Crippen LogP contribution in [0, 0.1) is 0 Å². The van der Waals surface area contributed by atoms with Crippen LogP contribution in [0.3, 0.4) is 0 Å². The Balaban J connectivity index is 1.63. The summed E-state index contributed by atoms with van der Waals surface area (Å²) in [7, 11) is 0. The average Bonchev–Trinajstić information content (AvgIpc) is 3.13. The van der Waals surface area contributed by atoms with Crippen molar-refractivity contribution in [2.45, 2.75) is 12.5 Å². The fourth-order valence-corrected chi connectivity index (χ4v) is 2.65. The molecule has 0 aliphatic heterocycles. The number of hydrogen-bond donors (Lipinski definition) is 1. The van der Waals surface area contributed by atoms with E-state index in [1.165, 1.54) is 24.7 Å². The number of benzene rings is 1. The van der Waals surface area contributed by atoms with Crippen molar-refractivity contribution in [1.82, 2.24) is 24.7 Å². The minimum atomic E-state index is -4.81. The molecule has 0 aliphatic carbocycles. The summed E-state index contributed by atoms with van der Waals surface area (Å²) in [6.07, 6.45) is -5.76. The Morgan fingerprint density at radius 1 is 0.903 bits per heavy atom. The predicted octanol–water partition coefficient (Wildman–Crippen LogP) is 4.87. The first-order valence-electron chi connectivity index (χ1n) is 8.45. The van der Waals surface area contributed by atoms with Crippen LogP contribution in [0.5, 0.6) is 5.75 Å². The molecule has 3 heterocycles. The molecule has 3 aromatic heterocycles. The Morgan fingerprint density at radius 2 is 1.65 bits per heavy atom. The van der Waals surface area contributed by atoms with Gasteiger partial charge in [0.05, 0.1) is 10.9 Å². The van der Waals surface area contributed by atoms with Crippen molar-refractivity contribution in [3.05, 3.63) is 60.7 Å². The van der Waals surface area contributed by atoms with Gasteiger partial charge in [-0.25, -0.2) is 19.6 Å². The van der Waals surface area contributed by atoms with Gasteiger partial charge in [-0.2, -0.15) is 13.2 Å². The van der Waals surface area contributed by atoms with Gasteiger partial charge in [0.25, 0.3) is 0 Å². The molecule has 0 aliphatic rings.